The molecule has 100 valence electrons. The molecule has 2 N–H and O–H groups in total. The third kappa shape index (κ3) is 3.22. The molecule has 2 aromatic rings. The standard InChI is InChI=1S/C15H15F2NO/c1-2-14(10-3-6-12(19)7-4-10)18-15-9-11(16)5-8-13(15)17/h3-9,14,18-19H,2H2,1H3. The maximum atomic E-state index is 13.6. The van der Waals surface area contributed by atoms with E-state index in [-0.39, 0.29) is 17.5 Å². The van der Waals surface area contributed by atoms with Crippen molar-refractivity contribution in [2.75, 3.05) is 5.32 Å². The number of halogens is 2. The Bertz CT molecular complexity index is 555. The monoisotopic (exact) mass is 263 g/mol. The van der Waals surface area contributed by atoms with E-state index in [1.165, 1.54) is 0 Å². The van der Waals surface area contributed by atoms with E-state index < -0.39 is 11.6 Å². The normalized spacial score (nSPS) is 12.2. The molecule has 2 nitrogen and oxygen atoms in total. The first-order valence-electron chi connectivity index (χ1n) is 6.10. The summed E-state index contributed by atoms with van der Waals surface area (Å²) < 4.78 is 26.7. The van der Waals surface area contributed by atoms with Crippen LogP contribution in [0.5, 0.6) is 5.75 Å². The average molecular weight is 263 g/mol. The van der Waals surface area contributed by atoms with Crippen molar-refractivity contribution < 1.29 is 13.9 Å². The van der Waals surface area contributed by atoms with Gasteiger partial charge in [0.1, 0.15) is 17.4 Å². The van der Waals surface area contributed by atoms with Crippen LogP contribution in [0.2, 0.25) is 0 Å². The van der Waals surface area contributed by atoms with Gasteiger partial charge in [0.2, 0.25) is 0 Å². The SMILES string of the molecule is CCC(Nc1cc(F)ccc1F)c1ccc(O)cc1. The second-order valence-corrected chi connectivity index (χ2v) is 4.32. The van der Waals surface area contributed by atoms with E-state index in [0.717, 1.165) is 23.8 Å². The Morgan fingerprint density at radius 1 is 1.11 bits per heavy atom. The third-order valence-corrected chi connectivity index (χ3v) is 2.96. The van der Waals surface area contributed by atoms with Crippen LogP contribution in [0.4, 0.5) is 14.5 Å². The lowest BCUT2D eigenvalue weighted by atomic mass is 10.0. The summed E-state index contributed by atoms with van der Waals surface area (Å²) in [5.41, 5.74) is 1.05. The lowest BCUT2D eigenvalue weighted by Gasteiger charge is -2.19. The molecule has 0 aromatic heterocycles. The Labute approximate surface area is 110 Å². The molecule has 0 heterocycles. The number of phenols is 1. The Morgan fingerprint density at radius 3 is 2.42 bits per heavy atom. The smallest absolute Gasteiger partial charge is 0.146 e. The lowest BCUT2D eigenvalue weighted by molar-refractivity contribution is 0.475. The maximum Gasteiger partial charge on any atom is 0.146 e. The van der Waals surface area contributed by atoms with Crippen LogP contribution in [0.3, 0.4) is 0 Å². The summed E-state index contributed by atoms with van der Waals surface area (Å²) >= 11 is 0. The van der Waals surface area contributed by atoms with Gasteiger partial charge in [-0.1, -0.05) is 19.1 Å². The predicted molar refractivity (Wildman–Crippen MR) is 71.1 cm³/mol. The summed E-state index contributed by atoms with van der Waals surface area (Å²) in [5.74, 6) is -0.793. The molecule has 0 spiro atoms. The van der Waals surface area contributed by atoms with Crippen molar-refractivity contribution in [3.05, 3.63) is 59.7 Å². The van der Waals surface area contributed by atoms with Crippen molar-refractivity contribution in [3.63, 3.8) is 0 Å². The van der Waals surface area contributed by atoms with Crippen LogP contribution >= 0.6 is 0 Å². The van der Waals surface area contributed by atoms with Crippen molar-refractivity contribution >= 4 is 5.69 Å². The average Bonchev–Trinajstić information content (AvgIpc) is 2.41. The lowest BCUT2D eigenvalue weighted by Crippen LogP contribution is -2.10. The summed E-state index contributed by atoms with van der Waals surface area (Å²) in [6, 6.07) is 9.84. The first-order chi connectivity index (χ1) is 9.10. The Kier molecular flexibility index (Phi) is 4.00. The van der Waals surface area contributed by atoms with Crippen LogP contribution in [0.1, 0.15) is 24.9 Å². The Morgan fingerprint density at radius 2 is 1.79 bits per heavy atom. The van der Waals surface area contributed by atoms with E-state index in [9.17, 15) is 13.9 Å². The van der Waals surface area contributed by atoms with Gasteiger partial charge in [0, 0.05) is 0 Å². The fraction of sp³-hybridized carbons (Fsp3) is 0.200. The highest BCUT2D eigenvalue weighted by atomic mass is 19.1. The highest BCUT2D eigenvalue weighted by Gasteiger charge is 2.12. The topological polar surface area (TPSA) is 32.3 Å². The zero-order valence-corrected chi connectivity index (χ0v) is 10.5. The van der Waals surface area contributed by atoms with Crippen LogP contribution in [0, 0.1) is 11.6 Å². The number of phenolic OH excluding ortho intramolecular Hbond substituents is 1. The third-order valence-electron chi connectivity index (χ3n) is 2.96. The molecule has 2 rings (SSSR count). The minimum absolute atomic E-state index is 0.139. The number of benzene rings is 2. The van der Waals surface area contributed by atoms with E-state index in [1.807, 2.05) is 6.92 Å². The van der Waals surface area contributed by atoms with Gasteiger partial charge in [0.25, 0.3) is 0 Å². The maximum absolute atomic E-state index is 13.6. The summed E-state index contributed by atoms with van der Waals surface area (Å²) in [4.78, 5) is 0. The first kappa shape index (κ1) is 13.3. The van der Waals surface area contributed by atoms with E-state index in [2.05, 4.69) is 5.32 Å². The fourth-order valence-corrected chi connectivity index (χ4v) is 1.92. The molecule has 1 unspecified atom stereocenters. The van der Waals surface area contributed by atoms with Gasteiger partial charge in [-0.2, -0.15) is 0 Å². The molecule has 0 bridgehead atoms. The molecule has 0 saturated carbocycles. The molecule has 0 fully saturated rings. The molecule has 19 heavy (non-hydrogen) atoms. The molecule has 2 aromatic carbocycles. The molecule has 0 aliphatic heterocycles. The van der Waals surface area contributed by atoms with Gasteiger partial charge in [0.15, 0.2) is 0 Å². The second-order valence-electron chi connectivity index (χ2n) is 4.32. The van der Waals surface area contributed by atoms with Crippen molar-refractivity contribution in [1.82, 2.24) is 0 Å². The molecule has 1 atom stereocenters. The minimum Gasteiger partial charge on any atom is -0.508 e. The molecular formula is C15H15F2NO. The Hall–Kier alpha value is -2.10. The quantitative estimate of drug-likeness (QED) is 0.865. The van der Waals surface area contributed by atoms with Gasteiger partial charge in [0.05, 0.1) is 11.7 Å². The second kappa shape index (κ2) is 5.69. The number of aromatic hydroxyl groups is 1. The first-order valence-corrected chi connectivity index (χ1v) is 6.10. The van der Waals surface area contributed by atoms with E-state index in [0.29, 0.717) is 6.42 Å². The molecular weight excluding hydrogens is 248 g/mol. The Balaban J connectivity index is 2.23. The number of rotatable bonds is 4. The van der Waals surface area contributed by atoms with Gasteiger partial charge in [-0.05, 0) is 42.3 Å². The summed E-state index contributed by atoms with van der Waals surface area (Å²) in [7, 11) is 0. The van der Waals surface area contributed by atoms with Gasteiger partial charge >= 0.3 is 0 Å². The summed E-state index contributed by atoms with van der Waals surface area (Å²) in [6.07, 6.45) is 0.709. The summed E-state index contributed by atoms with van der Waals surface area (Å²) in [5, 5.41) is 12.2. The van der Waals surface area contributed by atoms with Crippen LogP contribution < -0.4 is 5.32 Å². The van der Waals surface area contributed by atoms with Crippen LogP contribution in [0.25, 0.3) is 0 Å². The van der Waals surface area contributed by atoms with E-state index in [1.54, 1.807) is 24.3 Å². The summed E-state index contributed by atoms with van der Waals surface area (Å²) in [6.45, 7) is 1.95. The van der Waals surface area contributed by atoms with Crippen molar-refractivity contribution in [2.24, 2.45) is 0 Å². The zero-order valence-electron chi connectivity index (χ0n) is 10.5. The van der Waals surface area contributed by atoms with Crippen molar-refractivity contribution in [3.8, 4) is 5.75 Å². The van der Waals surface area contributed by atoms with Gasteiger partial charge in [-0.15, -0.1) is 0 Å². The fourth-order valence-electron chi connectivity index (χ4n) is 1.92. The number of nitrogens with one attached hydrogen (secondary N) is 1. The predicted octanol–water partition coefficient (Wildman–Crippen LogP) is 4.23. The van der Waals surface area contributed by atoms with Crippen LogP contribution in [-0.4, -0.2) is 5.11 Å². The molecule has 0 aliphatic carbocycles. The number of anilines is 1. The van der Waals surface area contributed by atoms with Crippen LogP contribution in [0.15, 0.2) is 42.5 Å². The van der Waals surface area contributed by atoms with Gasteiger partial charge in [-0.3, -0.25) is 0 Å². The zero-order chi connectivity index (χ0) is 13.8. The molecule has 0 radical (unpaired) electrons. The van der Waals surface area contributed by atoms with Crippen molar-refractivity contribution in [2.45, 2.75) is 19.4 Å². The highest BCUT2D eigenvalue weighted by molar-refractivity contribution is 5.47. The van der Waals surface area contributed by atoms with Crippen molar-refractivity contribution in [1.29, 1.82) is 0 Å². The van der Waals surface area contributed by atoms with E-state index in [4.69, 9.17) is 0 Å². The molecule has 0 aliphatic rings. The molecule has 4 heteroatoms. The van der Waals surface area contributed by atoms with E-state index >= 15 is 0 Å². The molecule has 0 saturated heterocycles. The van der Waals surface area contributed by atoms with Gasteiger partial charge in [-0.25, -0.2) is 8.78 Å². The van der Waals surface area contributed by atoms with Gasteiger partial charge < -0.3 is 10.4 Å². The number of hydrogen-bond acceptors (Lipinski definition) is 2. The highest BCUT2D eigenvalue weighted by Crippen LogP contribution is 2.26. The van der Waals surface area contributed by atoms with Crippen LogP contribution in [-0.2, 0) is 0 Å². The minimum atomic E-state index is -0.487. The largest absolute Gasteiger partial charge is 0.508 e. The molecule has 0 amide bonds. The number of hydrogen-bond donors (Lipinski definition) is 2.